The maximum Gasteiger partial charge on any atom is 0.267 e. The number of aryl methyl sites for hydroxylation is 1. The third-order valence-electron chi connectivity index (χ3n) is 2.59. The van der Waals surface area contributed by atoms with Crippen LogP contribution >= 0.6 is 0 Å². The number of ether oxygens (including phenoxy) is 1. The Morgan fingerprint density at radius 2 is 2.18 bits per heavy atom. The molecule has 2 rings (SSSR count). The largest absolute Gasteiger partial charge is 0.497 e. The van der Waals surface area contributed by atoms with Crippen molar-refractivity contribution in [2.24, 2.45) is 5.84 Å². The van der Waals surface area contributed by atoms with Crippen LogP contribution in [0.1, 0.15) is 16.1 Å². The second kappa shape index (κ2) is 4.39. The molecule has 0 aliphatic rings. The van der Waals surface area contributed by atoms with Gasteiger partial charge in [0.1, 0.15) is 5.75 Å². The van der Waals surface area contributed by atoms with Crippen molar-refractivity contribution in [2.45, 2.75) is 6.92 Å². The second-order valence-electron chi connectivity index (χ2n) is 3.65. The molecular formula is C12H13N3O2. The number of hydrogen-bond acceptors (Lipinski definition) is 4. The van der Waals surface area contributed by atoms with Crippen molar-refractivity contribution in [3.63, 3.8) is 0 Å². The third-order valence-corrected chi connectivity index (χ3v) is 2.59. The molecule has 17 heavy (non-hydrogen) atoms. The summed E-state index contributed by atoms with van der Waals surface area (Å²) in [4.78, 5) is 15.9. The summed E-state index contributed by atoms with van der Waals surface area (Å²) >= 11 is 0. The number of nitrogens with one attached hydrogen (secondary N) is 1. The van der Waals surface area contributed by atoms with Gasteiger partial charge in [-0.15, -0.1) is 0 Å². The number of pyridine rings is 1. The number of methoxy groups -OCH3 is 1. The molecule has 0 saturated heterocycles. The number of hydrogen-bond donors (Lipinski definition) is 2. The van der Waals surface area contributed by atoms with E-state index >= 15 is 0 Å². The van der Waals surface area contributed by atoms with Gasteiger partial charge in [-0.2, -0.15) is 0 Å². The number of amides is 1. The highest BCUT2D eigenvalue weighted by molar-refractivity contribution is 5.98. The minimum Gasteiger partial charge on any atom is -0.497 e. The van der Waals surface area contributed by atoms with Gasteiger partial charge in [0.05, 0.1) is 23.9 Å². The van der Waals surface area contributed by atoms with Gasteiger partial charge in [-0.25, -0.2) is 5.84 Å². The van der Waals surface area contributed by atoms with Gasteiger partial charge in [0, 0.05) is 11.5 Å². The van der Waals surface area contributed by atoms with E-state index in [1.54, 1.807) is 20.1 Å². The van der Waals surface area contributed by atoms with Crippen LogP contribution in [-0.4, -0.2) is 18.0 Å². The molecule has 0 aliphatic carbocycles. The molecule has 1 amide bonds. The van der Waals surface area contributed by atoms with Gasteiger partial charge in [0.25, 0.3) is 5.91 Å². The summed E-state index contributed by atoms with van der Waals surface area (Å²) in [5.74, 6) is 5.51. The first-order valence-electron chi connectivity index (χ1n) is 5.12. The Labute approximate surface area is 98.6 Å². The molecule has 0 unspecified atom stereocenters. The van der Waals surface area contributed by atoms with Gasteiger partial charge in [-0.05, 0) is 25.1 Å². The van der Waals surface area contributed by atoms with E-state index in [-0.39, 0.29) is 5.91 Å². The smallest absolute Gasteiger partial charge is 0.267 e. The van der Waals surface area contributed by atoms with Gasteiger partial charge in [-0.3, -0.25) is 15.2 Å². The van der Waals surface area contributed by atoms with E-state index in [2.05, 4.69) is 10.4 Å². The fourth-order valence-electron chi connectivity index (χ4n) is 1.68. The molecule has 1 aromatic heterocycles. The number of nitrogens with zero attached hydrogens (tertiary/aromatic N) is 1. The maximum absolute atomic E-state index is 11.5. The Balaban J connectivity index is 2.62. The minimum atomic E-state index is -0.340. The summed E-state index contributed by atoms with van der Waals surface area (Å²) in [7, 11) is 1.60. The van der Waals surface area contributed by atoms with Crippen LogP contribution in [0.25, 0.3) is 10.9 Å². The fraction of sp³-hybridized carbons (Fsp3) is 0.167. The molecule has 0 saturated carbocycles. The monoisotopic (exact) mass is 231 g/mol. The molecule has 5 nitrogen and oxygen atoms in total. The summed E-state index contributed by atoms with van der Waals surface area (Å²) in [5.41, 5.74) is 4.00. The number of hydrazine groups is 1. The number of nitrogen functional groups attached to an aromatic ring is 1. The average Bonchev–Trinajstić information content (AvgIpc) is 2.36. The van der Waals surface area contributed by atoms with E-state index in [1.807, 2.05) is 18.2 Å². The van der Waals surface area contributed by atoms with E-state index in [0.717, 1.165) is 16.7 Å². The molecule has 0 fully saturated rings. The van der Waals surface area contributed by atoms with Crippen LogP contribution in [0.5, 0.6) is 5.75 Å². The van der Waals surface area contributed by atoms with Gasteiger partial charge < -0.3 is 4.74 Å². The molecule has 1 heterocycles. The molecule has 2 aromatic rings. The average molecular weight is 231 g/mol. The minimum absolute atomic E-state index is 0.340. The quantitative estimate of drug-likeness (QED) is 0.462. The standard InChI is InChI=1S/C12H13N3O2/c1-7-10(12(16)15-13)5-8-3-4-9(17-2)6-11(8)14-7/h3-6H,13H2,1-2H3,(H,15,16). The van der Waals surface area contributed by atoms with Gasteiger partial charge in [-0.1, -0.05) is 0 Å². The van der Waals surface area contributed by atoms with Gasteiger partial charge in [0.2, 0.25) is 0 Å². The first-order chi connectivity index (χ1) is 8.15. The van der Waals surface area contributed by atoms with Crippen molar-refractivity contribution >= 4 is 16.8 Å². The van der Waals surface area contributed by atoms with Crippen LogP contribution in [0.2, 0.25) is 0 Å². The summed E-state index contributed by atoms with van der Waals surface area (Å²) in [5, 5.41) is 0.870. The maximum atomic E-state index is 11.5. The zero-order chi connectivity index (χ0) is 12.4. The summed E-state index contributed by atoms with van der Waals surface area (Å²) in [6.07, 6.45) is 0. The van der Waals surface area contributed by atoms with Crippen LogP contribution < -0.4 is 16.0 Å². The molecule has 3 N–H and O–H groups in total. The van der Waals surface area contributed by atoms with E-state index in [4.69, 9.17) is 10.6 Å². The predicted octanol–water partition coefficient (Wildman–Crippen LogP) is 1.16. The lowest BCUT2D eigenvalue weighted by atomic mass is 10.1. The zero-order valence-electron chi connectivity index (χ0n) is 9.65. The van der Waals surface area contributed by atoms with Crippen LogP contribution in [-0.2, 0) is 0 Å². The van der Waals surface area contributed by atoms with Crippen molar-refractivity contribution in [1.82, 2.24) is 10.4 Å². The highest BCUT2D eigenvalue weighted by atomic mass is 16.5. The number of fused-ring (bicyclic) bond motifs is 1. The first kappa shape index (κ1) is 11.3. The lowest BCUT2D eigenvalue weighted by Gasteiger charge is -2.07. The van der Waals surface area contributed by atoms with Crippen LogP contribution in [0.15, 0.2) is 24.3 Å². The van der Waals surface area contributed by atoms with E-state index in [9.17, 15) is 4.79 Å². The van der Waals surface area contributed by atoms with Crippen molar-refractivity contribution in [2.75, 3.05) is 7.11 Å². The predicted molar refractivity (Wildman–Crippen MR) is 64.7 cm³/mol. The lowest BCUT2D eigenvalue weighted by Crippen LogP contribution is -2.30. The molecule has 0 radical (unpaired) electrons. The van der Waals surface area contributed by atoms with E-state index < -0.39 is 0 Å². The number of nitrogens with two attached hydrogens (primary N) is 1. The Kier molecular flexibility index (Phi) is 2.93. The zero-order valence-corrected chi connectivity index (χ0v) is 9.65. The fourth-order valence-corrected chi connectivity index (χ4v) is 1.68. The molecule has 0 aliphatic heterocycles. The number of rotatable bonds is 2. The first-order valence-corrected chi connectivity index (χ1v) is 5.12. The summed E-state index contributed by atoms with van der Waals surface area (Å²) in [6, 6.07) is 7.27. The number of aromatic nitrogens is 1. The Hall–Kier alpha value is -2.14. The Bertz CT molecular complexity index is 581. The SMILES string of the molecule is COc1ccc2cc(C(=O)NN)c(C)nc2c1. The number of benzene rings is 1. The van der Waals surface area contributed by atoms with E-state index in [0.29, 0.717) is 11.3 Å². The topological polar surface area (TPSA) is 77.2 Å². The van der Waals surface area contributed by atoms with Crippen molar-refractivity contribution in [3.8, 4) is 5.75 Å². The number of carbonyl (C=O) groups excluding carboxylic acids is 1. The Morgan fingerprint density at radius 3 is 2.82 bits per heavy atom. The van der Waals surface area contributed by atoms with Crippen LogP contribution in [0.4, 0.5) is 0 Å². The summed E-state index contributed by atoms with van der Waals surface area (Å²) in [6.45, 7) is 1.77. The molecule has 1 aromatic carbocycles. The Morgan fingerprint density at radius 1 is 1.41 bits per heavy atom. The lowest BCUT2D eigenvalue weighted by molar-refractivity contribution is 0.0953. The molecule has 0 atom stereocenters. The molecule has 0 spiro atoms. The third kappa shape index (κ3) is 2.05. The number of carbonyl (C=O) groups is 1. The van der Waals surface area contributed by atoms with Crippen molar-refractivity contribution in [1.29, 1.82) is 0 Å². The second-order valence-corrected chi connectivity index (χ2v) is 3.65. The van der Waals surface area contributed by atoms with Crippen LogP contribution in [0.3, 0.4) is 0 Å². The molecule has 5 heteroatoms. The molecule has 88 valence electrons. The normalized spacial score (nSPS) is 10.3. The highest BCUT2D eigenvalue weighted by Crippen LogP contribution is 2.21. The molecule has 0 bridgehead atoms. The van der Waals surface area contributed by atoms with Crippen LogP contribution in [0, 0.1) is 6.92 Å². The highest BCUT2D eigenvalue weighted by Gasteiger charge is 2.10. The van der Waals surface area contributed by atoms with Gasteiger partial charge >= 0.3 is 0 Å². The van der Waals surface area contributed by atoms with Gasteiger partial charge in [0.15, 0.2) is 0 Å². The summed E-state index contributed by atoms with van der Waals surface area (Å²) < 4.78 is 5.12. The van der Waals surface area contributed by atoms with Crippen molar-refractivity contribution < 1.29 is 9.53 Å². The molecular weight excluding hydrogens is 218 g/mol. The van der Waals surface area contributed by atoms with Crippen molar-refractivity contribution in [3.05, 3.63) is 35.5 Å². The van der Waals surface area contributed by atoms with E-state index in [1.165, 1.54) is 0 Å².